The van der Waals surface area contributed by atoms with Crippen LogP contribution in [0.3, 0.4) is 0 Å². The molecule has 3 aliphatic rings. The van der Waals surface area contributed by atoms with E-state index >= 15 is 0 Å². The summed E-state index contributed by atoms with van der Waals surface area (Å²) in [5.74, 6) is 0.549. The summed E-state index contributed by atoms with van der Waals surface area (Å²) in [4.78, 5) is 31.8. The SMILES string of the molecule is O=C(Nc1ccccc1)N1CCC(N2CCC[C@@H](C(=O)N3CCCC3)C2)CC1. The van der Waals surface area contributed by atoms with Gasteiger partial charge in [0.2, 0.25) is 5.91 Å². The van der Waals surface area contributed by atoms with Crippen LogP contribution >= 0.6 is 0 Å². The van der Waals surface area contributed by atoms with Gasteiger partial charge in [-0.3, -0.25) is 9.69 Å². The van der Waals surface area contributed by atoms with Gasteiger partial charge in [0.25, 0.3) is 0 Å². The van der Waals surface area contributed by atoms with Crippen molar-refractivity contribution in [3.8, 4) is 0 Å². The van der Waals surface area contributed by atoms with Gasteiger partial charge >= 0.3 is 6.03 Å². The van der Waals surface area contributed by atoms with Gasteiger partial charge in [0.1, 0.15) is 0 Å². The zero-order valence-corrected chi connectivity index (χ0v) is 16.7. The number of para-hydroxylation sites is 1. The Labute approximate surface area is 167 Å². The van der Waals surface area contributed by atoms with Crippen molar-refractivity contribution in [2.24, 2.45) is 5.92 Å². The van der Waals surface area contributed by atoms with Crippen molar-refractivity contribution < 1.29 is 9.59 Å². The fourth-order valence-corrected chi connectivity index (χ4v) is 4.89. The molecule has 0 bridgehead atoms. The van der Waals surface area contributed by atoms with Crippen LogP contribution in [0.1, 0.15) is 38.5 Å². The van der Waals surface area contributed by atoms with Gasteiger partial charge in [-0.05, 0) is 57.2 Å². The lowest BCUT2D eigenvalue weighted by molar-refractivity contribution is -0.136. The molecule has 0 aliphatic carbocycles. The predicted octanol–water partition coefficient (Wildman–Crippen LogP) is 3.02. The number of hydrogen-bond donors (Lipinski definition) is 1. The highest BCUT2D eigenvalue weighted by molar-refractivity contribution is 5.89. The Kier molecular flexibility index (Phi) is 6.15. The van der Waals surface area contributed by atoms with Crippen molar-refractivity contribution >= 4 is 17.6 Å². The Bertz CT molecular complexity index is 666. The van der Waals surface area contributed by atoms with E-state index in [1.807, 2.05) is 35.2 Å². The molecule has 0 radical (unpaired) electrons. The average molecular weight is 385 g/mol. The molecule has 3 saturated heterocycles. The first-order valence-corrected chi connectivity index (χ1v) is 10.8. The van der Waals surface area contributed by atoms with Crippen LogP contribution in [-0.2, 0) is 4.79 Å². The highest BCUT2D eigenvalue weighted by atomic mass is 16.2. The number of piperidine rings is 2. The quantitative estimate of drug-likeness (QED) is 0.872. The Balaban J connectivity index is 1.26. The second-order valence-corrected chi connectivity index (χ2v) is 8.38. The third kappa shape index (κ3) is 4.49. The zero-order chi connectivity index (χ0) is 19.3. The molecule has 1 aromatic carbocycles. The second-order valence-electron chi connectivity index (χ2n) is 8.38. The number of benzene rings is 1. The maximum absolute atomic E-state index is 12.8. The molecule has 0 aromatic heterocycles. The molecule has 6 nitrogen and oxygen atoms in total. The van der Waals surface area contributed by atoms with Crippen LogP contribution < -0.4 is 5.32 Å². The Hall–Kier alpha value is -2.08. The highest BCUT2D eigenvalue weighted by Crippen LogP contribution is 2.26. The molecule has 1 N–H and O–H groups in total. The maximum Gasteiger partial charge on any atom is 0.321 e. The molecule has 1 aromatic rings. The highest BCUT2D eigenvalue weighted by Gasteiger charge is 2.34. The van der Waals surface area contributed by atoms with Crippen molar-refractivity contribution in [1.82, 2.24) is 14.7 Å². The minimum atomic E-state index is -0.00891. The monoisotopic (exact) mass is 384 g/mol. The third-order valence-electron chi connectivity index (χ3n) is 6.51. The summed E-state index contributed by atoms with van der Waals surface area (Å²) in [5.41, 5.74) is 0.842. The van der Waals surface area contributed by atoms with Crippen LogP contribution in [0.25, 0.3) is 0 Å². The summed E-state index contributed by atoms with van der Waals surface area (Å²) < 4.78 is 0. The van der Waals surface area contributed by atoms with E-state index in [1.165, 1.54) is 0 Å². The van der Waals surface area contributed by atoms with Gasteiger partial charge in [0.05, 0.1) is 5.92 Å². The number of amides is 3. The zero-order valence-electron chi connectivity index (χ0n) is 16.7. The first-order chi connectivity index (χ1) is 13.7. The van der Waals surface area contributed by atoms with E-state index in [1.54, 1.807) is 0 Å². The molecule has 6 heteroatoms. The van der Waals surface area contributed by atoms with Gasteiger partial charge in [-0.1, -0.05) is 18.2 Å². The van der Waals surface area contributed by atoms with Gasteiger partial charge in [0, 0.05) is 44.5 Å². The minimum absolute atomic E-state index is 0.00891. The lowest BCUT2D eigenvalue weighted by Gasteiger charge is -2.42. The first-order valence-electron chi connectivity index (χ1n) is 10.8. The smallest absolute Gasteiger partial charge is 0.321 e. The van der Waals surface area contributed by atoms with Gasteiger partial charge in [0.15, 0.2) is 0 Å². The van der Waals surface area contributed by atoms with E-state index in [0.29, 0.717) is 11.9 Å². The van der Waals surface area contributed by atoms with Gasteiger partial charge in [-0.25, -0.2) is 4.79 Å². The number of carbonyl (C=O) groups excluding carboxylic acids is 2. The molecule has 3 amide bonds. The van der Waals surface area contributed by atoms with Gasteiger partial charge < -0.3 is 15.1 Å². The summed E-state index contributed by atoms with van der Waals surface area (Å²) in [6.45, 7) is 5.45. The van der Waals surface area contributed by atoms with Crippen LogP contribution in [-0.4, -0.2) is 71.9 Å². The predicted molar refractivity (Wildman–Crippen MR) is 110 cm³/mol. The number of rotatable bonds is 3. The Morgan fingerprint density at radius 3 is 2.25 bits per heavy atom. The summed E-state index contributed by atoms with van der Waals surface area (Å²) in [6.07, 6.45) is 6.44. The van der Waals surface area contributed by atoms with Gasteiger partial charge in [-0.2, -0.15) is 0 Å². The topological polar surface area (TPSA) is 55.9 Å². The number of nitrogens with one attached hydrogen (secondary N) is 1. The van der Waals surface area contributed by atoms with Crippen molar-refractivity contribution in [2.45, 2.75) is 44.6 Å². The number of likely N-dealkylation sites (tertiary alicyclic amines) is 3. The summed E-state index contributed by atoms with van der Waals surface area (Å²) in [7, 11) is 0. The van der Waals surface area contributed by atoms with Crippen LogP contribution in [0.5, 0.6) is 0 Å². The van der Waals surface area contributed by atoms with Crippen LogP contribution in [0.4, 0.5) is 10.5 Å². The van der Waals surface area contributed by atoms with E-state index in [4.69, 9.17) is 0 Å². The average Bonchev–Trinajstić information content (AvgIpc) is 3.29. The van der Waals surface area contributed by atoms with E-state index in [-0.39, 0.29) is 11.9 Å². The lowest BCUT2D eigenvalue weighted by atomic mass is 9.93. The van der Waals surface area contributed by atoms with Crippen molar-refractivity contribution in [3.63, 3.8) is 0 Å². The molecule has 28 heavy (non-hydrogen) atoms. The van der Waals surface area contributed by atoms with Crippen LogP contribution in [0.2, 0.25) is 0 Å². The van der Waals surface area contributed by atoms with Crippen molar-refractivity contribution in [3.05, 3.63) is 30.3 Å². The molecule has 0 saturated carbocycles. The largest absolute Gasteiger partial charge is 0.342 e. The Morgan fingerprint density at radius 1 is 0.821 bits per heavy atom. The Morgan fingerprint density at radius 2 is 1.54 bits per heavy atom. The molecule has 3 heterocycles. The van der Waals surface area contributed by atoms with Crippen molar-refractivity contribution in [1.29, 1.82) is 0 Å². The van der Waals surface area contributed by atoms with Crippen LogP contribution in [0, 0.1) is 5.92 Å². The normalized spacial score (nSPS) is 24.4. The maximum atomic E-state index is 12.8. The molecule has 3 aliphatic heterocycles. The third-order valence-corrected chi connectivity index (χ3v) is 6.51. The molecular weight excluding hydrogens is 352 g/mol. The fourth-order valence-electron chi connectivity index (χ4n) is 4.89. The molecule has 152 valence electrons. The lowest BCUT2D eigenvalue weighted by Crippen LogP contribution is -2.52. The van der Waals surface area contributed by atoms with E-state index in [9.17, 15) is 9.59 Å². The van der Waals surface area contributed by atoms with E-state index in [0.717, 1.165) is 83.5 Å². The van der Waals surface area contributed by atoms with Gasteiger partial charge in [-0.15, -0.1) is 0 Å². The van der Waals surface area contributed by atoms with E-state index in [2.05, 4.69) is 15.1 Å². The molecule has 1 atom stereocenters. The minimum Gasteiger partial charge on any atom is -0.342 e. The number of nitrogens with zero attached hydrogens (tertiary/aromatic N) is 3. The van der Waals surface area contributed by atoms with Crippen molar-refractivity contribution in [2.75, 3.05) is 44.6 Å². The number of carbonyl (C=O) groups is 2. The molecule has 0 spiro atoms. The summed E-state index contributed by atoms with van der Waals surface area (Å²) in [6, 6.07) is 10.1. The first kappa shape index (κ1) is 19.2. The fraction of sp³-hybridized carbons (Fsp3) is 0.636. The second kappa shape index (κ2) is 8.95. The van der Waals surface area contributed by atoms with E-state index < -0.39 is 0 Å². The number of anilines is 1. The molecule has 0 unspecified atom stereocenters. The van der Waals surface area contributed by atoms with Crippen LogP contribution in [0.15, 0.2) is 30.3 Å². The molecular formula is C22H32N4O2. The standard InChI is InChI=1S/C22H32N4O2/c27-21(24-12-4-5-13-24)18-7-6-14-26(17-18)20-10-15-25(16-11-20)22(28)23-19-8-2-1-3-9-19/h1-3,8-9,18,20H,4-7,10-17H2,(H,23,28)/t18-/m1/s1. The number of urea groups is 1. The summed E-state index contributed by atoms with van der Waals surface area (Å²) in [5, 5.41) is 2.98. The number of hydrogen-bond acceptors (Lipinski definition) is 3. The molecule has 3 fully saturated rings. The molecule has 4 rings (SSSR count). The summed E-state index contributed by atoms with van der Waals surface area (Å²) >= 11 is 0.